The fourth-order valence-electron chi connectivity index (χ4n) is 4.64. The van der Waals surface area contributed by atoms with Gasteiger partial charge in [0.05, 0.1) is 11.3 Å². The van der Waals surface area contributed by atoms with Crippen LogP contribution in [0.1, 0.15) is 46.0 Å². The molecular weight excluding hydrogens is 470 g/mol. The zero-order chi connectivity index (χ0) is 26.7. The van der Waals surface area contributed by atoms with Crippen LogP contribution in [0.4, 0.5) is 17.2 Å². The lowest BCUT2D eigenvalue weighted by Crippen LogP contribution is -2.45. The smallest absolute Gasteiger partial charge is 0.259 e. The Kier molecular flexibility index (Phi) is 7.24. The lowest BCUT2D eigenvalue weighted by molar-refractivity contribution is 0.0353. The first-order valence-electron chi connectivity index (χ1n) is 12.0. The quantitative estimate of drug-likeness (QED) is 0.394. The number of anilines is 3. The molecule has 0 radical (unpaired) electrons. The minimum absolute atomic E-state index is 0.182. The highest BCUT2D eigenvalue weighted by Crippen LogP contribution is 2.43. The summed E-state index contributed by atoms with van der Waals surface area (Å²) in [5.74, 6) is 1.30. The normalized spacial score (nSPS) is 17.5. The van der Waals surface area contributed by atoms with Crippen molar-refractivity contribution in [3.05, 3.63) is 70.4 Å². The minimum atomic E-state index is -0.667. The summed E-state index contributed by atoms with van der Waals surface area (Å²) in [6, 6.07) is 10.4. The largest absolute Gasteiger partial charge is 0.489 e. The van der Waals surface area contributed by atoms with Crippen LogP contribution >= 0.6 is 0 Å². The third-order valence-corrected chi connectivity index (χ3v) is 6.62. The zero-order valence-electron chi connectivity index (χ0n) is 22.1. The first-order valence-corrected chi connectivity index (χ1v) is 12.0. The molecule has 194 valence electrons. The second-order valence-corrected chi connectivity index (χ2v) is 9.36. The van der Waals surface area contributed by atoms with E-state index >= 15 is 0 Å². The van der Waals surface area contributed by atoms with Crippen LogP contribution in [0.2, 0.25) is 0 Å². The highest BCUT2D eigenvalue weighted by Gasteiger charge is 2.39. The Bertz CT molecular complexity index is 1350. The molecule has 3 aromatic rings. The highest BCUT2D eigenvalue weighted by atomic mass is 16.6. The standard InChI is InChI=1S/C28H33N5O4/c1-16-17(2)25-23(18(3)24(16)30-5)22(33-35-6)14-28(4,37-25)15-36-20-11-9-19(10-12-20)32-27(34)21-8-7-13-31-26(21)29/h7-13,30H,14-15H2,1-6H3,(H2,29,31)(H,32,34). The van der Waals surface area contributed by atoms with Gasteiger partial charge in [-0.05, 0) is 80.8 Å². The van der Waals surface area contributed by atoms with Gasteiger partial charge in [-0.25, -0.2) is 4.98 Å². The molecule has 4 rings (SSSR count). The summed E-state index contributed by atoms with van der Waals surface area (Å²) < 4.78 is 12.7. The van der Waals surface area contributed by atoms with Gasteiger partial charge in [0, 0.05) is 36.6 Å². The van der Waals surface area contributed by atoms with Crippen molar-refractivity contribution in [2.45, 2.75) is 39.7 Å². The summed E-state index contributed by atoms with van der Waals surface area (Å²) in [5.41, 5.74) is 12.2. The number of oxime groups is 1. The third kappa shape index (κ3) is 5.16. The second-order valence-electron chi connectivity index (χ2n) is 9.36. The summed E-state index contributed by atoms with van der Waals surface area (Å²) in [6.45, 7) is 8.49. The van der Waals surface area contributed by atoms with Crippen LogP contribution in [0, 0.1) is 20.8 Å². The number of nitrogens with zero attached hydrogens (tertiary/aromatic N) is 2. The molecule has 37 heavy (non-hydrogen) atoms. The minimum Gasteiger partial charge on any atom is -0.489 e. The number of carbonyl (C=O) groups excluding carboxylic acids is 1. The number of aromatic nitrogens is 1. The Morgan fingerprint density at radius 2 is 1.89 bits per heavy atom. The maximum atomic E-state index is 12.5. The summed E-state index contributed by atoms with van der Waals surface area (Å²) in [4.78, 5) is 21.6. The van der Waals surface area contributed by atoms with Gasteiger partial charge in [0.2, 0.25) is 0 Å². The average Bonchev–Trinajstić information content (AvgIpc) is 2.87. The molecule has 1 unspecified atom stereocenters. The molecule has 4 N–H and O–H groups in total. The molecule has 2 aromatic carbocycles. The number of hydrogen-bond donors (Lipinski definition) is 3. The Balaban J connectivity index is 1.50. The lowest BCUT2D eigenvalue weighted by Gasteiger charge is -2.38. The van der Waals surface area contributed by atoms with Gasteiger partial charge < -0.3 is 30.7 Å². The van der Waals surface area contributed by atoms with Crippen molar-refractivity contribution in [1.29, 1.82) is 0 Å². The molecule has 1 aromatic heterocycles. The van der Waals surface area contributed by atoms with Gasteiger partial charge in [-0.1, -0.05) is 5.16 Å². The van der Waals surface area contributed by atoms with Crippen LogP contribution in [0.3, 0.4) is 0 Å². The molecule has 2 heterocycles. The van der Waals surface area contributed by atoms with Crippen LogP contribution in [0.25, 0.3) is 0 Å². The number of benzene rings is 2. The number of nitrogen functional groups attached to an aromatic ring is 1. The number of pyridine rings is 1. The maximum absolute atomic E-state index is 12.5. The number of ether oxygens (including phenoxy) is 2. The molecular formula is C28H33N5O4. The van der Waals surface area contributed by atoms with E-state index in [0.29, 0.717) is 30.0 Å². The molecule has 0 saturated carbocycles. The lowest BCUT2D eigenvalue weighted by atomic mass is 9.85. The van der Waals surface area contributed by atoms with Gasteiger partial charge in [-0.2, -0.15) is 0 Å². The Labute approximate surface area is 217 Å². The summed E-state index contributed by atoms with van der Waals surface area (Å²) in [6.07, 6.45) is 2.06. The monoisotopic (exact) mass is 503 g/mol. The summed E-state index contributed by atoms with van der Waals surface area (Å²) >= 11 is 0. The van der Waals surface area contributed by atoms with Crippen molar-refractivity contribution in [3.63, 3.8) is 0 Å². The molecule has 1 amide bonds. The van der Waals surface area contributed by atoms with Crippen molar-refractivity contribution in [3.8, 4) is 11.5 Å². The molecule has 0 aliphatic carbocycles. The van der Waals surface area contributed by atoms with Gasteiger partial charge >= 0.3 is 0 Å². The molecule has 0 spiro atoms. The topological polar surface area (TPSA) is 120 Å². The maximum Gasteiger partial charge on any atom is 0.259 e. The third-order valence-electron chi connectivity index (χ3n) is 6.62. The SMILES string of the molecule is CNc1c(C)c(C)c2c(c1C)C(=NOC)CC(C)(COc1ccc(NC(=O)c3cccnc3N)cc1)O2. The van der Waals surface area contributed by atoms with Gasteiger partial charge in [0.25, 0.3) is 5.91 Å². The number of nitrogens with one attached hydrogen (secondary N) is 2. The van der Waals surface area contributed by atoms with Gasteiger partial charge in [-0.3, -0.25) is 4.79 Å². The molecule has 0 fully saturated rings. The van der Waals surface area contributed by atoms with Crippen LogP contribution < -0.4 is 25.8 Å². The first-order chi connectivity index (χ1) is 17.7. The van der Waals surface area contributed by atoms with Crippen LogP contribution in [-0.4, -0.2) is 43.0 Å². The first kappa shape index (κ1) is 25.8. The van der Waals surface area contributed by atoms with E-state index in [0.717, 1.165) is 39.4 Å². The van der Waals surface area contributed by atoms with Crippen LogP contribution in [0.15, 0.2) is 47.8 Å². The van der Waals surface area contributed by atoms with Crippen molar-refractivity contribution < 1.29 is 19.1 Å². The van der Waals surface area contributed by atoms with E-state index in [1.807, 2.05) is 14.0 Å². The Morgan fingerprint density at radius 3 is 2.54 bits per heavy atom. The highest BCUT2D eigenvalue weighted by molar-refractivity contribution is 6.08. The van der Waals surface area contributed by atoms with E-state index in [1.54, 1.807) is 49.7 Å². The van der Waals surface area contributed by atoms with E-state index in [-0.39, 0.29) is 11.7 Å². The Morgan fingerprint density at radius 1 is 1.16 bits per heavy atom. The number of carbonyl (C=O) groups is 1. The molecule has 0 bridgehead atoms. The van der Waals surface area contributed by atoms with Crippen molar-refractivity contribution in [2.24, 2.45) is 5.16 Å². The zero-order valence-corrected chi connectivity index (χ0v) is 22.1. The summed E-state index contributed by atoms with van der Waals surface area (Å²) in [7, 11) is 3.47. The van der Waals surface area contributed by atoms with Crippen molar-refractivity contribution in [2.75, 3.05) is 37.1 Å². The second kappa shape index (κ2) is 10.4. The molecule has 0 saturated heterocycles. The van der Waals surface area contributed by atoms with E-state index in [2.05, 4.69) is 41.5 Å². The van der Waals surface area contributed by atoms with Crippen LogP contribution in [-0.2, 0) is 4.84 Å². The molecule has 9 nitrogen and oxygen atoms in total. The van der Waals surface area contributed by atoms with E-state index in [9.17, 15) is 4.79 Å². The van der Waals surface area contributed by atoms with Gasteiger partial charge in [0.15, 0.2) is 0 Å². The predicted molar refractivity (Wildman–Crippen MR) is 146 cm³/mol. The average molecular weight is 504 g/mol. The van der Waals surface area contributed by atoms with Crippen LogP contribution in [0.5, 0.6) is 11.5 Å². The summed E-state index contributed by atoms with van der Waals surface area (Å²) in [5, 5.41) is 10.5. The van der Waals surface area contributed by atoms with Crippen molar-refractivity contribution >= 4 is 28.8 Å². The number of rotatable bonds is 7. The fraction of sp³-hybridized carbons (Fsp3) is 0.321. The van der Waals surface area contributed by atoms with E-state index in [4.69, 9.17) is 20.0 Å². The number of hydrogen-bond acceptors (Lipinski definition) is 8. The van der Waals surface area contributed by atoms with E-state index in [1.165, 1.54) is 0 Å². The van der Waals surface area contributed by atoms with Gasteiger partial charge in [-0.15, -0.1) is 0 Å². The molecule has 1 aliphatic rings. The fourth-order valence-corrected chi connectivity index (χ4v) is 4.64. The molecule has 9 heteroatoms. The van der Waals surface area contributed by atoms with Crippen molar-refractivity contribution in [1.82, 2.24) is 4.98 Å². The number of nitrogens with two attached hydrogens (primary N) is 1. The number of fused-ring (bicyclic) bond motifs is 1. The number of amides is 1. The van der Waals surface area contributed by atoms with Gasteiger partial charge in [0.1, 0.15) is 36.6 Å². The molecule has 1 aliphatic heterocycles. The Hall–Kier alpha value is -4.27. The van der Waals surface area contributed by atoms with E-state index < -0.39 is 5.60 Å². The predicted octanol–water partition coefficient (Wildman–Crippen LogP) is 4.85. The molecule has 1 atom stereocenters.